The number of carboxylic acids is 1. The molecule has 1 fully saturated rings. The van der Waals surface area contributed by atoms with Crippen LogP contribution in [0.3, 0.4) is 0 Å². The van der Waals surface area contributed by atoms with E-state index in [1.807, 2.05) is 6.92 Å². The number of carbonyl (C=O) groups is 2. The summed E-state index contributed by atoms with van der Waals surface area (Å²) < 4.78 is 5.21. The summed E-state index contributed by atoms with van der Waals surface area (Å²) in [5.74, 6) is -1.19. The number of hydrogen-bond donors (Lipinski definition) is 2. The Balaban J connectivity index is 1.98. The molecule has 1 saturated carbocycles. The molecule has 0 saturated heterocycles. The van der Waals surface area contributed by atoms with Gasteiger partial charge in [-0.05, 0) is 32.3 Å². The lowest BCUT2D eigenvalue weighted by atomic mass is 10.1. The fraction of sp³-hybridized carbons (Fsp3) is 0.500. The minimum atomic E-state index is -0.808. The average Bonchev–Trinajstić information content (AvgIpc) is 2.90. The Morgan fingerprint density at radius 2 is 2.29 bits per heavy atom. The van der Waals surface area contributed by atoms with Crippen LogP contribution >= 0.6 is 11.6 Å². The maximum atomic E-state index is 12.1. The molecule has 6 nitrogen and oxygen atoms in total. The maximum absolute atomic E-state index is 12.1. The van der Waals surface area contributed by atoms with Gasteiger partial charge < -0.3 is 15.2 Å². The van der Waals surface area contributed by atoms with Crippen molar-refractivity contribution < 1.29 is 19.4 Å². The molecule has 1 aromatic rings. The molecule has 0 bridgehead atoms. The summed E-state index contributed by atoms with van der Waals surface area (Å²) in [5, 5.41) is 12.0. The molecule has 114 valence electrons. The van der Waals surface area contributed by atoms with Gasteiger partial charge >= 0.3 is 5.97 Å². The van der Waals surface area contributed by atoms with Gasteiger partial charge in [-0.2, -0.15) is 0 Å². The Labute approximate surface area is 127 Å². The second kappa shape index (κ2) is 6.76. The number of aliphatic carboxylic acids is 1. The minimum Gasteiger partial charge on any atom is -0.481 e. The van der Waals surface area contributed by atoms with Crippen molar-refractivity contribution in [2.45, 2.75) is 32.2 Å². The zero-order valence-electron chi connectivity index (χ0n) is 11.6. The number of hydrogen-bond acceptors (Lipinski definition) is 4. The topological polar surface area (TPSA) is 88.5 Å². The summed E-state index contributed by atoms with van der Waals surface area (Å²) in [5.41, 5.74) is 0.335. The van der Waals surface area contributed by atoms with Gasteiger partial charge in [-0.1, -0.05) is 11.6 Å². The highest BCUT2D eigenvalue weighted by atomic mass is 35.5. The Bertz CT molecular complexity index is 550. The standard InChI is InChI=1S/C14H17ClN2O4/c1-2-21-13-11(15)6-9(7-16-13)12(18)17-10-4-3-8(5-10)14(19)20/h6-8,10H,2-5H2,1H3,(H,17,18)(H,19,20)/t8-,10+/m1/s1. The zero-order valence-corrected chi connectivity index (χ0v) is 12.4. The van der Waals surface area contributed by atoms with Crippen molar-refractivity contribution in [1.29, 1.82) is 0 Å². The van der Waals surface area contributed by atoms with Gasteiger partial charge in [-0.15, -0.1) is 0 Å². The van der Waals surface area contributed by atoms with Crippen molar-refractivity contribution in [3.63, 3.8) is 0 Å². The normalized spacial score (nSPS) is 21.0. The fourth-order valence-electron chi connectivity index (χ4n) is 2.40. The molecule has 2 atom stereocenters. The molecule has 0 spiro atoms. The third-order valence-electron chi connectivity index (χ3n) is 3.47. The van der Waals surface area contributed by atoms with E-state index < -0.39 is 5.97 Å². The average molecular weight is 313 g/mol. The van der Waals surface area contributed by atoms with Gasteiger partial charge in [-0.3, -0.25) is 9.59 Å². The zero-order chi connectivity index (χ0) is 15.4. The minimum absolute atomic E-state index is 0.121. The second-order valence-corrected chi connectivity index (χ2v) is 5.37. The largest absolute Gasteiger partial charge is 0.481 e. The number of pyridine rings is 1. The molecule has 2 rings (SSSR count). The first-order chi connectivity index (χ1) is 10.0. The number of halogens is 1. The van der Waals surface area contributed by atoms with Crippen molar-refractivity contribution >= 4 is 23.5 Å². The highest BCUT2D eigenvalue weighted by molar-refractivity contribution is 6.32. The van der Waals surface area contributed by atoms with E-state index >= 15 is 0 Å². The van der Waals surface area contributed by atoms with Crippen LogP contribution in [0.25, 0.3) is 0 Å². The van der Waals surface area contributed by atoms with Gasteiger partial charge in [0, 0.05) is 12.2 Å². The number of ether oxygens (including phenoxy) is 1. The van der Waals surface area contributed by atoms with Gasteiger partial charge in [0.2, 0.25) is 5.88 Å². The van der Waals surface area contributed by atoms with Crippen LogP contribution in [0.15, 0.2) is 12.3 Å². The molecule has 0 aromatic carbocycles. The molecule has 21 heavy (non-hydrogen) atoms. The lowest BCUT2D eigenvalue weighted by Gasteiger charge is -2.13. The molecule has 0 unspecified atom stereocenters. The third kappa shape index (κ3) is 3.85. The fourth-order valence-corrected chi connectivity index (χ4v) is 2.62. The van der Waals surface area contributed by atoms with E-state index in [1.165, 1.54) is 12.3 Å². The second-order valence-electron chi connectivity index (χ2n) is 4.96. The van der Waals surface area contributed by atoms with Crippen LogP contribution in [0.2, 0.25) is 5.02 Å². The summed E-state index contributed by atoms with van der Waals surface area (Å²) in [7, 11) is 0. The molecule has 1 aliphatic rings. The molecule has 0 aliphatic heterocycles. The van der Waals surface area contributed by atoms with Crippen molar-refractivity contribution in [3.8, 4) is 5.88 Å². The van der Waals surface area contributed by atoms with Crippen LogP contribution in [0.4, 0.5) is 0 Å². The number of nitrogens with one attached hydrogen (secondary N) is 1. The van der Waals surface area contributed by atoms with E-state index in [1.54, 1.807) is 0 Å². The van der Waals surface area contributed by atoms with Crippen LogP contribution in [0.5, 0.6) is 5.88 Å². The summed E-state index contributed by atoms with van der Waals surface area (Å²) in [6.45, 7) is 2.26. The van der Waals surface area contributed by atoms with E-state index in [4.69, 9.17) is 21.4 Å². The van der Waals surface area contributed by atoms with E-state index in [2.05, 4.69) is 10.3 Å². The van der Waals surface area contributed by atoms with E-state index in [0.717, 1.165) is 0 Å². The van der Waals surface area contributed by atoms with Gasteiger partial charge in [0.05, 0.1) is 18.1 Å². The predicted octanol–water partition coefficient (Wildman–Crippen LogP) is 2.12. The van der Waals surface area contributed by atoms with Crippen molar-refractivity contribution in [1.82, 2.24) is 10.3 Å². The van der Waals surface area contributed by atoms with Crippen molar-refractivity contribution in [2.24, 2.45) is 5.92 Å². The molecule has 1 amide bonds. The van der Waals surface area contributed by atoms with Crippen molar-refractivity contribution in [2.75, 3.05) is 6.61 Å². The lowest BCUT2D eigenvalue weighted by molar-refractivity contribution is -0.141. The number of aromatic nitrogens is 1. The summed E-state index contributed by atoms with van der Waals surface area (Å²) >= 11 is 5.99. The van der Waals surface area contributed by atoms with Crippen LogP contribution < -0.4 is 10.1 Å². The van der Waals surface area contributed by atoms with E-state index in [-0.39, 0.29) is 22.9 Å². The number of carboxylic acid groups (broad SMARTS) is 1. The van der Waals surface area contributed by atoms with Crippen LogP contribution in [-0.2, 0) is 4.79 Å². The molecule has 1 aliphatic carbocycles. The Kier molecular flexibility index (Phi) is 5.01. The molecule has 7 heteroatoms. The molecular weight excluding hydrogens is 296 g/mol. The SMILES string of the molecule is CCOc1ncc(C(=O)N[C@H]2CC[C@@H](C(=O)O)C2)cc1Cl. The Morgan fingerprint density at radius 3 is 2.86 bits per heavy atom. The first-order valence-corrected chi connectivity index (χ1v) is 7.21. The van der Waals surface area contributed by atoms with E-state index in [9.17, 15) is 9.59 Å². The van der Waals surface area contributed by atoms with E-state index in [0.29, 0.717) is 37.3 Å². The molecule has 1 aromatic heterocycles. The Morgan fingerprint density at radius 1 is 1.52 bits per heavy atom. The predicted molar refractivity (Wildman–Crippen MR) is 76.6 cm³/mol. The van der Waals surface area contributed by atoms with Crippen LogP contribution in [0, 0.1) is 5.92 Å². The van der Waals surface area contributed by atoms with Crippen molar-refractivity contribution in [3.05, 3.63) is 22.8 Å². The maximum Gasteiger partial charge on any atom is 0.306 e. The van der Waals surface area contributed by atoms with Gasteiger partial charge in [-0.25, -0.2) is 4.98 Å². The quantitative estimate of drug-likeness (QED) is 0.869. The first-order valence-electron chi connectivity index (χ1n) is 6.83. The number of amides is 1. The lowest BCUT2D eigenvalue weighted by Crippen LogP contribution is -2.33. The smallest absolute Gasteiger partial charge is 0.306 e. The third-order valence-corrected chi connectivity index (χ3v) is 3.74. The van der Waals surface area contributed by atoms with Gasteiger partial charge in [0.15, 0.2) is 0 Å². The number of carbonyl (C=O) groups excluding carboxylic acids is 1. The van der Waals surface area contributed by atoms with Crippen LogP contribution in [-0.4, -0.2) is 34.6 Å². The molecular formula is C14H17ClN2O4. The Hall–Kier alpha value is -1.82. The first kappa shape index (κ1) is 15.6. The summed E-state index contributed by atoms with van der Waals surface area (Å²) in [4.78, 5) is 27.0. The monoisotopic (exact) mass is 312 g/mol. The molecule has 0 radical (unpaired) electrons. The highest BCUT2D eigenvalue weighted by Crippen LogP contribution is 2.26. The highest BCUT2D eigenvalue weighted by Gasteiger charge is 2.30. The van der Waals surface area contributed by atoms with Gasteiger partial charge in [0.25, 0.3) is 5.91 Å². The summed E-state index contributed by atoms with van der Waals surface area (Å²) in [6, 6.07) is 1.38. The van der Waals surface area contributed by atoms with Gasteiger partial charge in [0.1, 0.15) is 5.02 Å². The molecule has 1 heterocycles. The molecule has 2 N–H and O–H groups in total. The number of rotatable bonds is 5. The number of nitrogens with zero attached hydrogens (tertiary/aromatic N) is 1. The summed E-state index contributed by atoms with van der Waals surface area (Å²) in [6.07, 6.45) is 3.11. The van der Waals surface area contributed by atoms with Crippen LogP contribution in [0.1, 0.15) is 36.5 Å².